The summed E-state index contributed by atoms with van der Waals surface area (Å²) in [6.07, 6.45) is 3.54. The van der Waals surface area contributed by atoms with Crippen molar-refractivity contribution in [1.29, 1.82) is 0 Å². The lowest BCUT2D eigenvalue weighted by Crippen LogP contribution is -2.15. The number of pyridine rings is 1. The van der Waals surface area contributed by atoms with E-state index in [1.54, 1.807) is 12.4 Å². The molecule has 3 aromatic rings. The summed E-state index contributed by atoms with van der Waals surface area (Å²) in [4.78, 5) is 8.42. The van der Waals surface area contributed by atoms with Gasteiger partial charge in [0.15, 0.2) is 0 Å². The van der Waals surface area contributed by atoms with Crippen LogP contribution >= 0.6 is 0 Å². The molecule has 6 heteroatoms. The van der Waals surface area contributed by atoms with Gasteiger partial charge in [-0.3, -0.25) is 4.98 Å². The molecule has 1 N–H and O–H groups in total. The molecule has 23 heavy (non-hydrogen) atoms. The van der Waals surface area contributed by atoms with Gasteiger partial charge >= 0.3 is 0 Å². The van der Waals surface area contributed by atoms with Crippen molar-refractivity contribution >= 4 is 0 Å². The van der Waals surface area contributed by atoms with Crippen molar-refractivity contribution in [1.82, 2.24) is 15.1 Å². The number of aliphatic hydroxyl groups excluding tert-OH is 1. The molecule has 0 saturated carbocycles. The smallest absolute Gasteiger partial charge is 0.259 e. The van der Waals surface area contributed by atoms with Gasteiger partial charge in [0.05, 0.1) is 11.7 Å². The van der Waals surface area contributed by atoms with Crippen molar-refractivity contribution in [2.75, 3.05) is 6.61 Å². The zero-order chi connectivity index (χ0) is 16.1. The summed E-state index contributed by atoms with van der Waals surface area (Å²) in [6.45, 7) is 2.16. The number of rotatable bonds is 6. The second-order valence-electron chi connectivity index (χ2n) is 5.07. The third kappa shape index (κ3) is 3.73. The summed E-state index contributed by atoms with van der Waals surface area (Å²) in [5, 5.41) is 13.6. The Labute approximate surface area is 133 Å². The zero-order valence-electron chi connectivity index (χ0n) is 12.7. The molecule has 0 aliphatic rings. The normalized spacial score (nSPS) is 12.1. The second-order valence-corrected chi connectivity index (χ2v) is 5.07. The number of ether oxygens (including phenoxy) is 1. The van der Waals surface area contributed by atoms with E-state index >= 15 is 0 Å². The fourth-order valence-corrected chi connectivity index (χ4v) is 1.98. The van der Waals surface area contributed by atoms with Gasteiger partial charge in [0.1, 0.15) is 12.4 Å². The Morgan fingerprint density at radius 3 is 2.87 bits per heavy atom. The molecular weight excluding hydrogens is 294 g/mol. The summed E-state index contributed by atoms with van der Waals surface area (Å²) < 4.78 is 10.8. The van der Waals surface area contributed by atoms with Gasteiger partial charge in [-0.1, -0.05) is 24.2 Å². The van der Waals surface area contributed by atoms with Gasteiger partial charge in [0, 0.05) is 18.0 Å². The molecule has 6 nitrogen and oxygen atoms in total. The standard InChI is InChI=1S/C17H17N3O3/c1-2-14(21)11-22-15-7-3-5-12(9-15)16-19-17(23-20-16)13-6-4-8-18-10-13/h3-10,14,21H,2,11H2,1H3. The summed E-state index contributed by atoms with van der Waals surface area (Å²) in [6, 6.07) is 11.0. The molecule has 0 aliphatic carbocycles. The minimum Gasteiger partial charge on any atom is -0.491 e. The number of aliphatic hydroxyl groups is 1. The molecule has 0 aliphatic heterocycles. The predicted octanol–water partition coefficient (Wildman–Crippen LogP) is 2.95. The zero-order valence-corrected chi connectivity index (χ0v) is 12.7. The summed E-state index contributed by atoms with van der Waals surface area (Å²) >= 11 is 0. The molecule has 1 aromatic carbocycles. The average Bonchev–Trinajstić information content (AvgIpc) is 3.11. The molecule has 2 heterocycles. The van der Waals surface area contributed by atoms with E-state index in [1.807, 2.05) is 43.3 Å². The van der Waals surface area contributed by atoms with Gasteiger partial charge in [-0.15, -0.1) is 0 Å². The highest BCUT2D eigenvalue weighted by Gasteiger charge is 2.11. The molecule has 0 saturated heterocycles. The Morgan fingerprint density at radius 1 is 1.22 bits per heavy atom. The van der Waals surface area contributed by atoms with Crippen molar-refractivity contribution in [2.24, 2.45) is 0 Å². The molecule has 1 unspecified atom stereocenters. The van der Waals surface area contributed by atoms with Crippen LogP contribution in [-0.2, 0) is 0 Å². The van der Waals surface area contributed by atoms with E-state index in [9.17, 15) is 5.11 Å². The molecule has 0 spiro atoms. The Hall–Kier alpha value is -2.73. The van der Waals surface area contributed by atoms with Crippen molar-refractivity contribution in [3.05, 3.63) is 48.8 Å². The third-order valence-corrected chi connectivity index (χ3v) is 3.34. The summed E-state index contributed by atoms with van der Waals surface area (Å²) in [5.41, 5.74) is 1.55. The minimum absolute atomic E-state index is 0.257. The Morgan fingerprint density at radius 2 is 2.09 bits per heavy atom. The van der Waals surface area contributed by atoms with Crippen molar-refractivity contribution in [3.63, 3.8) is 0 Å². The summed E-state index contributed by atoms with van der Waals surface area (Å²) in [5.74, 6) is 1.55. The largest absolute Gasteiger partial charge is 0.491 e. The van der Waals surface area contributed by atoms with E-state index in [-0.39, 0.29) is 6.61 Å². The first-order valence-electron chi connectivity index (χ1n) is 7.41. The SMILES string of the molecule is CCC(O)COc1cccc(-c2noc(-c3cccnc3)n2)c1. The van der Waals surface area contributed by atoms with Crippen LogP contribution in [0.2, 0.25) is 0 Å². The maximum absolute atomic E-state index is 9.56. The highest BCUT2D eigenvalue weighted by molar-refractivity contribution is 5.60. The second kappa shape index (κ2) is 7.02. The Kier molecular flexibility index (Phi) is 4.63. The van der Waals surface area contributed by atoms with Crippen LogP contribution < -0.4 is 4.74 Å². The highest BCUT2D eigenvalue weighted by Crippen LogP contribution is 2.24. The average molecular weight is 311 g/mol. The minimum atomic E-state index is -0.471. The van der Waals surface area contributed by atoms with E-state index in [0.717, 1.165) is 11.1 Å². The number of aromatic nitrogens is 3. The monoisotopic (exact) mass is 311 g/mol. The fourth-order valence-electron chi connectivity index (χ4n) is 1.98. The third-order valence-electron chi connectivity index (χ3n) is 3.34. The molecule has 0 amide bonds. The predicted molar refractivity (Wildman–Crippen MR) is 84.8 cm³/mol. The van der Waals surface area contributed by atoms with Crippen LogP contribution in [0.1, 0.15) is 13.3 Å². The van der Waals surface area contributed by atoms with Crippen LogP contribution in [0.25, 0.3) is 22.8 Å². The van der Waals surface area contributed by atoms with E-state index < -0.39 is 6.10 Å². The quantitative estimate of drug-likeness (QED) is 0.754. The van der Waals surface area contributed by atoms with Crippen LogP contribution in [0.3, 0.4) is 0 Å². The van der Waals surface area contributed by atoms with E-state index in [0.29, 0.717) is 23.9 Å². The van der Waals surface area contributed by atoms with E-state index in [2.05, 4.69) is 15.1 Å². The van der Waals surface area contributed by atoms with Gasteiger partial charge in [0.2, 0.25) is 5.82 Å². The van der Waals surface area contributed by atoms with E-state index in [4.69, 9.17) is 9.26 Å². The van der Waals surface area contributed by atoms with Gasteiger partial charge in [0.25, 0.3) is 5.89 Å². The van der Waals surface area contributed by atoms with Crippen LogP contribution in [0.5, 0.6) is 5.75 Å². The molecule has 1 atom stereocenters. The lowest BCUT2D eigenvalue weighted by molar-refractivity contribution is 0.104. The number of benzene rings is 1. The van der Waals surface area contributed by atoms with Crippen molar-refractivity contribution < 1.29 is 14.4 Å². The van der Waals surface area contributed by atoms with Gasteiger partial charge in [-0.05, 0) is 30.7 Å². The first kappa shape index (κ1) is 15.2. The highest BCUT2D eigenvalue weighted by atomic mass is 16.5. The Balaban J connectivity index is 1.78. The maximum atomic E-state index is 9.56. The molecular formula is C17H17N3O3. The molecule has 118 valence electrons. The van der Waals surface area contributed by atoms with Crippen molar-refractivity contribution in [2.45, 2.75) is 19.4 Å². The number of hydrogen-bond donors (Lipinski definition) is 1. The van der Waals surface area contributed by atoms with Gasteiger partial charge < -0.3 is 14.4 Å². The first-order valence-corrected chi connectivity index (χ1v) is 7.41. The van der Waals surface area contributed by atoms with Crippen LogP contribution in [0, 0.1) is 0 Å². The molecule has 0 radical (unpaired) electrons. The number of hydrogen-bond acceptors (Lipinski definition) is 6. The number of nitrogens with zero attached hydrogens (tertiary/aromatic N) is 3. The van der Waals surface area contributed by atoms with E-state index in [1.165, 1.54) is 0 Å². The van der Waals surface area contributed by atoms with Crippen molar-refractivity contribution in [3.8, 4) is 28.6 Å². The van der Waals surface area contributed by atoms with Gasteiger partial charge in [-0.2, -0.15) is 4.98 Å². The lowest BCUT2D eigenvalue weighted by atomic mass is 10.2. The maximum Gasteiger partial charge on any atom is 0.259 e. The van der Waals surface area contributed by atoms with Crippen LogP contribution in [0.15, 0.2) is 53.3 Å². The van der Waals surface area contributed by atoms with Crippen LogP contribution in [0.4, 0.5) is 0 Å². The fraction of sp³-hybridized carbons (Fsp3) is 0.235. The van der Waals surface area contributed by atoms with Crippen LogP contribution in [-0.4, -0.2) is 32.9 Å². The Bertz CT molecular complexity index is 759. The lowest BCUT2D eigenvalue weighted by Gasteiger charge is -2.10. The first-order chi connectivity index (χ1) is 11.3. The molecule has 0 fully saturated rings. The molecule has 0 bridgehead atoms. The van der Waals surface area contributed by atoms with Gasteiger partial charge in [-0.25, -0.2) is 0 Å². The summed E-state index contributed by atoms with van der Waals surface area (Å²) in [7, 11) is 0. The molecule has 3 rings (SSSR count). The topological polar surface area (TPSA) is 81.3 Å². The molecule has 2 aromatic heterocycles.